The fourth-order valence-electron chi connectivity index (χ4n) is 2.64. The number of carbonyl (C=O) groups excluding carboxylic acids is 2. The van der Waals surface area contributed by atoms with E-state index in [1.54, 1.807) is 13.8 Å². The van der Waals surface area contributed by atoms with E-state index in [-0.39, 0.29) is 17.5 Å². The van der Waals surface area contributed by atoms with E-state index in [1.165, 1.54) is 14.8 Å². The normalized spacial score (nSPS) is 14.3. The van der Waals surface area contributed by atoms with E-state index >= 15 is 0 Å². The molecule has 1 fully saturated rings. The fraction of sp³-hybridized carbons (Fsp3) is 0.375. The minimum atomic E-state index is -0.274. The molecule has 0 atom stereocenters. The number of para-hydroxylation sites is 1. The molecule has 3 rings (SSSR count). The number of hydrogen-bond donors (Lipinski definition) is 0. The van der Waals surface area contributed by atoms with Gasteiger partial charge in [0.15, 0.2) is 5.69 Å². The molecule has 0 spiro atoms. The maximum Gasteiger partial charge on any atom is 0.294 e. The Hall–Kier alpha value is -2.70. The molecule has 1 aliphatic rings. The first-order valence-corrected chi connectivity index (χ1v) is 7.73. The topological polar surface area (TPSA) is 71.3 Å². The van der Waals surface area contributed by atoms with Crippen LogP contribution in [0.3, 0.4) is 0 Å². The van der Waals surface area contributed by atoms with E-state index in [9.17, 15) is 9.59 Å². The lowest BCUT2D eigenvalue weighted by Crippen LogP contribution is -2.44. The van der Waals surface area contributed by atoms with Crippen molar-refractivity contribution in [2.24, 2.45) is 0 Å². The van der Waals surface area contributed by atoms with Crippen LogP contribution in [-0.4, -0.2) is 49.9 Å². The Morgan fingerprint density at radius 2 is 1.78 bits per heavy atom. The standard InChI is InChI=1S/C16H19N5O2/c1-3-14(22)19-10-7-11-20(19)16(23)15-12(2)17-21(18-15)13-8-5-4-6-9-13/h4-6,8-9H,3,7,10-11H2,1-2H3. The summed E-state index contributed by atoms with van der Waals surface area (Å²) in [7, 11) is 0. The van der Waals surface area contributed by atoms with E-state index in [0.717, 1.165) is 12.1 Å². The summed E-state index contributed by atoms with van der Waals surface area (Å²) < 4.78 is 0. The van der Waals surface area contributed by atoms with Crippen LogP contribution < -0.4 is 0 Å². The Morgan fingerprint density at radius 1 is 1.09 bits per heavy atom. The van der Waals surface area contributed by atoms with Crippen molar-refractivity contribution in [3.8, 4) is 5.69 Å². The Kier molecular flexibility index (Phi) is 4.10. The largest absolute Gasteiger partial charge is 0.294 e. The monoisotopic (exact) mass is 313 g/mol. The zero-order chi connectivity index (χ0) is 16.4. The number of hydrogen-bond acceptors (Lipinski definition) is 4. The highest BCUT2D eigenvalue weighted by Crippen LogP contribution is 2.17. The summed E-state index contributed by atoms with van der Waals surface area (Å²) in [4.78, 5) is 26.2. The molecule has 2 amide bonds. The Balaban J connectivity index is 1.88. The molecule has 7 nitrogen and oxygen atoms in total. The van der Waals surface area contributed by atoms with Crippen LogP contribution in [0.4, 0.5) is 0 Å². The fourth-order valence-corrected chi connectivity index (χ4v) is 2.64. The molecule has 23 heavy (non-hydrogen) atoms. The van der Waals surface area contributed by atoms with Crippen LogP contribution in [-0.2, 0) is 4.79 Å². The first kappa shape index (κ1) is 15.2. The predicted octanol–water partition coefficient (Wildman–Crippen LogP) is 1.58. The van der Waals surface area contributed by atoms with Crippen molar-refractivity contribution in [2.75, 3.05) is 13.1 Å². The Labute approximate surface area is 134 Å². The lowest BCUT2D eigenvalue weighted by molar-refractivity contribution is -0.140. The number of benzene rings is 1. The van der Waals surface area contributed by atoms with Crippen LogP contribution in [0.25, 0.3) is 5.69 Å². The maximum atomic E-state index is 12.8. The molecule has 0 radical (unpaired) electrons. The third kappa shape index (κ3) is 2.81. The second-order valence-electron chi connectivity index (χ2n) is 5.41. The maximum absolute atomic E-state index is 12.8. The number of aromatic nitrogens is 3. The van der Waals surface area contributed by atoms with Crippen LogP contribution in [0.15, 0.2) is 30.3 Å². The zero-order valence-electron chi connectivity index (χ0n) is 13.3. The van der Waals surface area contributed by atoms with Crippen molar-refractivity contribution in [3.05, 3.63) is 41.7 Å². The number of hydrazine groups is 1. The highest BCUT2D eigenvalue weighted by molar-refractivity contribution is 5.94. The Bertz CT molecular complexity index is 725. The molecule has 1 aliphatic heterocycles. The van der Waals surface area contributed by atoms with Crippen molar-refractivity contribution < 1.29 is 9.59 Å². The summed E-state index contributed by atoms with van der Waals surface area (Å²) in [5, 5.41) is 11.6. The van der Waals surface area contributed by atoms with Gasteiger partial charge in [-0.25, -0.2) is 5.01 Å². The molecule has 0 saturated carbocycles. The summed E-state index contributed by atoms with van der Waals surface area (Å²) in [6.07, 6.45) is 1.16. The quantitative estimate of drug-likeness (QED) is 0.862. The third-order valence-corrected chi connectivity index (χ3v) is 3.83. The number of rotatable bonds is 3. The van der Waals surface area contributed by atoms with Crippen molar-refractivity contribution in [2.45, 2.75) is 26.7 Å². The van der Waals surface area contributed by atoms with Crippen molar-refractivity contribution in [1.82, 2.24) is 25.0 Å². The van der Waals surface area contributed by atoms with Crippen LogP contribution in [0.2, 0.25) is 0 Å². The second-order valence-corrected chi connectivity index (χ2v) is 5.41. The van der Waals surface area contributed by atoms with Gasteiger partial charge in [0.1, 0.15) is 0 Å². The molecule has 0 bridgehead atoms. The number of aryl methyl sites for hydroxylation is 1. The van der Waals surface area contributed by atoms with E-state index in [1.807, 2.05) is 30.3 Å². The van der Waals surface area contributed by atoms with Gasteiger partial charge in [-0.1, -0.05) is 25.1 Å². The van der Waals surface area contributed by atoms with Gasteiger partial charge in [0.25, 0.3) is 5.91 Å². The zero-order valence-corrected chi connectivity index (χ0v) is 13.3. The van der Waals surface area contributed by atoms with Crippen LogP contribution in [0, 0.1) is 6.92 Å². The number of amides is 2. The van der Waals surface area contributed by atoms with Gasteiger partial charge in [0.05, 0.1) is 11.4 Å². The molecule has 1 aromatic carbocycles. The molecular formula is C16H19N5O2. The lowest BCUT2D eigenvalue weighted by atomic mass is 10.3. The van der Waals surface area contributed by atoms with E-state index < -0.39 is 0 Å². The molecule has 2 aromatic rings. The van der Waals surface area contributed by atoms with E-state index in [0.29, 0.717) is 25.2 Å². The molecule has 1 saturated heterocycles. The summed E-state index contributed by atoms with van der Waals surface area (Å²) >= 11 is 0. The van der Waals surface area contributed by atoms with Gasteiger partial charge in [-0.2, -0.15) is 9.90 Å². The van der Waals surface area contributed by atoms with Gasteiger partial charge in [-0.05, 0) is 25.5 Å². The van der Waals surface area contributed by atoms with Crippen molar-refractivity contribution in [3.63, 3.8) is 0 Å². The molecule has 7 heteroatoms. The SMILES string of the molecule is CCC(=O)N1CCCN1C(=O)c1nn(-c2ccccc2)nc1C. The second kappa shape index (κ2) is 6.20. The summed E-state index contributed by atoms with van der Waals surface area (Å²) in [5.41, 5.74) is 1.62. The average Bonchev–Trinajstić information content (AvgIpc) is 3.21. The molecular weight excluding hydrogens is 294 g/mol. The summed E-state index contributed by atoms with van der Waals surface area (Å²) in [6, 6.07) is 9.42. The first-order chi connectivity index (χ1) is 11.1. The van der Waals surface area contributed by atoms with Gasteiger partial charge in [-0.15, -0.1) is 5.10 Å². The molecule has 1 aromatic heterocycles. The number of carbonyl (C=O) groups is 2. The van der Waals surface area contributed by atoms with E-state index in [2.05, 4.69) is 10.2 Å². The minimum Gasteiger partial charge on any atom is -0.273 e. The average molecular weight is 313 g/mol. The summed E-state index contributed by atoms with van der Waals surface area (Å²) in [5.74, 6) is -0.326. The smallest absolute Gasteiger partial charge is 0.273 e. The molecule has 2 heterocycles. The minimum absolute atomic E-state index is 0.0519. The third-order valence-electron chi connectivity index (χ3n) is 3.83. The molecule has 0 unspecified atom stereocenters. The summed E-state index contributed by atoms with van der Waals surface area (Å²) in [6.45, 7) is 4.65. The molecule has 120 valence electrons. The number of nitrogens with zero attached hydrogens (tertiary/aromatic N) is 5. The van der Waals surface area contributed by atoms with Gasteiger partial charge < -0.3 is 0 Å². The van der Waals surface area contributed by atoms with Gasteiger partial charge in [0, 0.05) is 19.5 Å². The predicted molar refractivity (Wildman–Crippen MR) is 83.8 cm³/mol. The van der Waals surface area contributed by atoms with Gasteiger partial charge in [0.2, 0.25) is 5.91 Å². The molecule has 0 aliphatic carbocycles. The van der Waals surface area contributed by atoms with Crippen molar-refractivity contribution in [1.29, 1.82) is 0 Å². The lowest BCUT2D eigenvalue weighted by Gasteiger charge is -2.26. The van der Waals surface area contributed by atoms with Gasteiger partial charge >= 0.3 is 0 Å². The van der Waals surface area contributed by atoms with Crippen LogP contribution in [0.5, 0.6) is 0 Å². The van der Waals surface area contributed by atoms with Crippen molar-refractivity contribution >= 4 is 11.8 Å². The Morgan fingerprint density at radius 3 is 2.48 bits per heavy atom. The highest BCUT2D eigenvalue weighted by atomic mass is 16.2. The molecule has 0 N–H and O–H groups in total. The van der Waals surface area contributed by atoms with Crippen LogP contribution >= 0.6 is 0 Å². The van der Waals surface area contributed by atoms with Gasteiger partial charge in [-0.3, -0.25) is 14.6 Å². The van der Waals surface area contributed by atoms with Crippen LogP contribution in [0.1, 0.15) is 35.9 Å². The first-order valence-electron chi connectivity index (χ1n) is 7.73. The highest BCUT2D eigenvalue weighted by Gasteiger charge is 2.32. The van der Waals surface area contributed by atoms with E-state index in [4.69, 9.17) is 0 Å².